The van der Waals surface area contributed by atoms with E-state index in [1.807, 2.05) is 11.9 Å². The summed E-state index contributed by atoms with van der Waals surface area (Å²) in [6.45, 7) is 2.85. The highest BCUT2D eigenvalue weighted by molar-refractivity contribution is 5.95. The fourth-order valence-corrected chi connectivity index (χ4v) is 2.30. The standard InChI is InChI=1S/C14H18F3N3O.CH4/c1-18-13(21)10-7-11(14(15,16)17)9-12(8-10)20-5-3-19(2)4-6-20;/h7-9H,3-6H2,1-2H3,(H,18,21);1H4. The molecule has 1 aliphatic heterocycles. The Hall–Kier alpha value is -1.76. The minimum Gasteiger partial charge on any atom is -0.369 e. The second kappa shape index (κ2) is 7.00. The predicted molar refractivity (Wildman–Crippen MR) is 81.3 cm³/mol. The van der Waals surface area contributed by atoms with Crippen LogP contribution in [-0.4, -0.2) is 51.1 Å². The highest BCUT2D eigenvalue weighted by Crippen LogP contribution is 2.33. The second-order valence-corrected chi connectivity index (χ2v) is 5.14. The molecule has 1 N–H and O–H groups in total. The third-order valence-corrected chi connectivity index (χ3v) is 3.60. The average Bonchev–Trinajstić information content (AvgIpc) is 2.45. The average molecular weight is 317 g/mol. The maximum absolute atomic E-state index is 13.0. The number of carbonyl (C=O) groups is 1. The van der Waals surface area contributed by atoms with Crippen molar-refractivity contribution in [3.05, 3.63) is 29.3 Å². The zero-order valence-corrected chi connectivity index (χ0v) is 12.0. The first-order valence-electron chi connectivity index (χ1n) is 6.69. The first-order valence-corrected chi connectivity index (χ1v) is 6.69. The Morgan fingerprint density at radius 1 is 1.14 bits per heavy atom. The van der Waals surface area contributed by atoms with Crippen LogP contribution >= 0.6 is 0 Å². The van der Waals surface area contributed by atoms with Crippen LogP contribution in [0.5, 0.6) is 0 Å². The number of anilines is 1. The van der Waals surface area contributed by atoms with Gasteiger partial charge in [0.25, 0.3) is 5.91 Å². The Balaban J connectivity index is 0.00000242. The third kappa shape index (κ3) is 4.13. The Bertz CT molecular complexity index is 523. The molecule has 4 nitrogen and oxygen atoms in total. The number of alkyl halides is 3. The molecule has 0 aliphatic carbocycles. The van der Waals surface area contributed by atoms with Gasteiger partial charge in [0.15, 0.2) is 0 Å². The predicted octanol–water partition coefficient (Wildman–Crippen LogP) is 2.45. The van der Waals surface area contributed by atoms with E-state index in [1.165, 1.54) is 13.1 Å². The lowest BCUT2D eigenvalue weighted by Crippen LogP contribution is -2.44. The molecule has 1 aromatic carbocycles. The van der Waals surface area contributed by atoms with Crippen molar-refractivity contribution in [1.29, 1.82) is 0 Å². The lowest BCUT2D eigenvalue weighted by atomic mass is 10.1. The number of hydrogen-bond donors (Lipinski definition) is 1. The fraction of sp³-hybridized carbons (Fsp3) is 0.533. The first kappa shape index (κ1) is 18.3. The maximum atomic E-state index is 13.0. The van der Waals surface area contributed by atoms with Crippen LogP contribution in [0.2, 0.25) is 0 Å². The molecule has 0 atom stereocenters. The molecule has 1 aliphatic rings. The summed E-state index contributed by atoms with van der Waals surface area (Å²) >= 11 is 0. The molecule has 1 fully saturated rings. The number of nitrogens with zero attached hydrogens (tertiary/aromatic N) is 2. The van der Waals surface area contributed by atoms with Crippen molar-refractivity contribution in [3.8, 4) is 0 Å². The minimum absolute atomic E-state index is 0. The Morgan fingerprint density at radius 3 is 2.23 bits per heavy atom. The highest BCUT2D eigenvalue weighted by atomic mass is 19.4. The zero-order valence-electron chi connectivity index (χ0n) is 12.0. The number of likely N-dealkylation sites (N-methyl/N-ethyl adjacent to an activating group) is 1. The molecule has 1 aromatic rings. The number of amides is 1. The van der Waals surface area contributed by atoms with Gasteiger partial charge in [-0.05, 0) is 25.2 Å². The summed E-state index contributed by atoms with van der Waals surface area (Å²) in [5.41, 5.74) is -0.324. The molecule has 0 bridgehead atoms. The van der Waals surface area contributed by atoms with Gasteiger partial charge in [0.2, 0.25) is 0 Å². The number of rotatable bonds is 2. The molecule has 7 heteroatoms. The summed E-state index contributed by atoms with van der Waals surface area (Å²) in [6.07, 6.45) is -4.47. The summed E-state index contributed by atoms with van der Waals surface area (Å²) in [4.78, 5) is 15.7. The molecule has 2 rings (SSSR count). The van der Waals surface area contributed by atoms with Gasteiger partial charge in [-0.2, -0.15) is 13.2 Å². The Kier molecular flexibility index (Phi) is 5.82. The van der Waals surface area contributed by atoms with Gasteiger partial charge in [-0.1, -0.05) is 7.43 Å². The van der Waals surface area contributed by atoms with E-state index in [0.29, 0.717) is 18.8 Å². The van der Waals surface area contributed by atoms with Gasteiger partial charge >= 0.3 is 6.18 Å². The van der Waals surface area contributed by atoms with Crippen LogP contribution in [-0.2, 0) is 6.18 Å². The van der Waals surface area contributed by atoms with Gasteiger partial charge in [-0.25, -0.2) is 0 Å². The number of hydrogen-bond acceptors (Lipinski definition) is 3. The van der Waals surface area contributed by atoms with Crippen molar-refractivity contribution < 1.29 is 18.0 Å². The smallest absolute Gasteiger partial charge is 0.369 e. The molecule has 0 saturated carbocycles. The molecule has 1 saturated heterocycles. The van der Waals surface area contributed by atoms with Crippen LogP contribution in [0.15, 0.2) is 18.2 Å². The SMILES string of the molecule is C.CNC(=O)c1cc(N2CCN(C)CC2)cc(C(F)(F)F)c1. The molecule has 0 aromatic heterocycles. The zero-order chi connectivity index (χ0) is 15.6. The van der Waals surface area contributed by atoms with Crippen molar-refractivity contribution in [2.45, 2.75) is 13.6 Å². The van der Waals surface area contributed by atoms with E-state index in [1.54, 1.807) is 0 Å². The largest absolute Gasteiger partial charge is 0.416 e. The Labute approximate surface area is 128 Å². The molecule has 1 amide bonds. The maximum Gasteiger partial charge on any atom is 0.416 e. The van der Waals surface area contributed by atoms with Gasteiger partial charge < -0.3 is 15.1 Å². The number of carbonyl (C=O) groups excluding carboxylic acids is 1. The first-order chi connectivity index (χ1) is 9.81. The van der Waals surface area contributed by atoms with Crippen LogP contribution in [0.3, 0.4) is 0 Å². The lowest BCUT2D eigenvalue weighted by molar-refractivity contribution is -0.137. The molecular weight excluding hydrogens is 295 g/mol. The van der Waals surface area contributed by atoms with Gasteiger partial charge in [0, 0.05) is 44.5 Å². The number of halogens is 3. The van der Waals surface area contributed by atoms with Crippen LogP contribution in [0.4, 0.5) is 18.9 Å². The lowest BCUT2D eigenvalue weighted by Gasteiger charge is -2.34. The van der Waals surface area contributed by atoms with Crippen molar-refractivity contribution in [3.63, 3.8) is 0 Å². The number of piperazine rings is 1. The van der Waals surface area contributed by atoms with E-state index in [4.69, 9.17) is 0 Å². The Morgan fingerprint density at radius 2 is 1.73 bits per heavy atom. The second-order valence-electron chi connectivity index (χ2n) is 5.14. The van der Waals surface area contributed by atoms with Crippen LogP contribution in [0.25, 0.3) is 0 Å². The number of nitrogens with one attached hydrogen (secondary N) is 1. The van der Waals surface area contributed by atoms with Crippen molar-refractivity contribution in [2.75, 3.05) is 45.2 Å². The summed E-state index contributed by atoms with van der Waals surface area (Å²) in [7, 11) is 3.37. The molecule has 22 heavy (non-hydrogen) atoms. The van der Waals surface area contributed by atoms with Gasteiger partial charge in [0.05, 0.1) is 5.56 Å². The normalized spacial score (nSPS) is 16.1. The van der Waals surface area contributed by atoms with Gasteiger partial charge in [-0.15, -0.1) is 0 Å². The molecule has 124 valence electrons. The molecular formula is C15H22F3N3O. The quantitative estimate of drug-likeness (QED) is 0.910. The van der Waals surface area contributed by atoms with Crippen LogP contribution < -0.4 is 10.2 Å². The molecule has 0 radical (unpaired) electrons. The van der Waals surface area contributed by atoms with Crippen molar-refractivity contribution in [1.82, 2.24) is 10.2 Å². The van der Waals surface area contributed by atoms with E-state index < -0.39 is 17.6 Å². The van der Waals surface area contributed by atoms with Gasteiger partial charge in [-0.3, -0.25) is 4.79 Å². The monoisotopic (exact) mass is 317 g/mol. The topological polar surface area (TPSA) is 35.6 Å². The molecule has 0 unspecified atom stereocenters. The summed E-state index contributed by atoms with van der Waals surface area (Å²) in [5.74, 6) is -0.517. The summed E-state index contributed by atoms with van der Waals surface area (Å²) < 4.78 is 39.0. The fourth-order valence-electron chi connectivity index (χ4n) is 2.30. The van der Waals surface area contributed by atoms with E-state index in [2.05, 4.69) is 10.2 Å². The van der Waals surface area contributed by atoms with E-state index >= 15 is 0 Å². The van der Waals surface area contributed by atoms with Crippen molar-refractivity contribution >= 4 is 11.6 Å². The summed E-state index contributed by atoms with van der Waals surface area (Å²) in [5, 5.41) is 2.36. The van der Waals surface area contributed by atoms with Crippen molar-refractivity contribution in [2.24, 2.45) is 0 Å². The molecule has 1 heterocycles. The third-order valence-electron chi connectivity index (χ3n) is 3.60. The van der Waals surface area contributed by atoms with Crippen LogP contribution in [0.1, 0.15) is 23.3 Å². The van der Waals surface area contributed by atoms with E-state index in [0.717, 1.165) is 25.2 Å². The highest BCUT2D eigenvalue weighted by Gasteiger charge is 2.32. The van der Waals surface area contributed by atoms with E-state index in [-0.39, 0.29) is 13.0 Å². The molecule has 0 spiro atoms. The summed E-state index contributed by atoms with van der Waals surface area (Å²) in [6, 6.07) is 3.51. The van der Waals surface area contributed by atoms with Crippen LogP contribution in [0, 0.1) is 0 Å². The van der Waals surface area contributed by atoms with E-state index in [9.17, 15) is 18.0 Å². The van der Waals surface area contributed by atoms with Gasteiger partial charge in [0.1, 0.15) is 0 Å². The number of benzene rings is 1. The minimum atomic E-state index is -4.47.